The average molecular weight is 146 g/mol. The van der Waals surface area contributed by atoms with E-state index >= 15 is 0 Å². The first-order valence-electron chi connectivity index (χ1n) is 3.38. The Kier molecular flexibility index (Phi) is 1.42. The molecule has 10 heavy (non-hydrogen) atoms. The molecule has 0 saturated carbocycles. The van der Waals surface area contributed by atoms with E-state index in [0.29, 0.717) is 0 Å². The summed E-state index contributed by atoms with van der Waals surface area (Å²) in [4.78, 5) is 0. The monoisotopic (exact) mass is 146 g/mol. The van der Waals surface area contributed by atoms with Crippen molar-refractivity contribution in [3.63, 3.8) is 0 Å². The van der Waals surface area contributed by atoms with Gasteiger partial charge in [-0.05, 0) is 0 Å². The van der Waals surface area contributed by atoms with Crippen LogP contribution in [0.1, 0.15) is 0 Å². The molecule has 2 aliphatic rings. The molecule has 2 rings (SSSR count). The summed E-state index contributed by atoms with van der Waals surface area (Å²) in [5.41, 5.74) is 0. The zero-order chi connectivity index (χ0) is 7.14. The maximum Gasteiger partial charge on any atom is 0.114 e. The summed E-state index contributed by atoms with van der Waals surface area (Å²) in [7, 11) is 0. The zero-order valence-corrected chi connectivity index (χ0v) is 5.43. The predicted molar refractivity (Wildman–Crippen MR) is 31.5 cm³/mol. The Bertz CT molecular complexity index is 122. The summed E-state index contributed by atoms with van der Waals surface area (Å²) in [6.07, 6.45) is -1.70. The van der Waals surface area contributed by atoms with Crippen molar-refractivity contribution < 1.29 is 19.7 Å². The highest BCUT2D eigenvalue weighted by Gasteiger charge is 2.46. The second kappa shape index (κ2) is 2.17. The Morgan fingerprint density at radius 3 is 1.70 bits per heavy atom. The third-order valence-corrected chi connectivity index (χ3v) is 2.00. The van der Waals surface area contributed by atoms with Crippen molar-refractivity contribution in [3.05, 3.63) is 0 Å². The first-order valence-corrected chi connectivity index (χ1v) is 3.38. The molecule has 0 aromatic rings. The van der Waals surface area contributed by atoms with Gasteiger partial charge in [-0.1, -0.05) is 0 Å². The van der Waals surface area contributed by atoms with Gasteiger partial charge in [0, 0.05) is 0 Å². The number of hydrogen-bond donors (Lipinski definition) is 2. The molecule has 4 nitrogen and oxygen atoms in total. The molecule has 2 N–H and O–H groups in total. The lowest BCUT2D eigenvalue weighted by Crippen LogP contribution is -2.30. The van der Waals surface area contributed by atoms with Crippen LogP contribution in [0.4, 0.5) is 0 Å². The topological polar surface area (TPSA) is 58.9 Å². The molecule has 2 heterocycles. The lowest BCUT2D eigenvalue weighted by molar-refractivity contribution is 0.00205. The first kappa shape index (κ1) is 6.54. The SMILES string of the molecule is OC1CO[C@H]2[C@@H](O)CO[C@@H]12. The van der Waals surface area contributed by atoms with Crippen molar-refractivity contribution >= 4 is 0 Å². The number of aliphatic hydroxyl groups excluding tert-OH is 2. The molecule has 4 heteroatoms. The lowest BCUT2D eigenvalue weighted by Gasteiger charge is -2.09. The van der Waals surface area contributed by atoms with Gasteiger partial charge in [-0.15, -0.1) is 0 Å². The van der Waals surface area contributed by atoms with Gasteiger partial charge in [0.2, 0.25) is 0 Å². The van der Waals surface area contributed by atoms with Gasteiger partial charge in [-0.3, -0.25) is 0 Å². The Hall–Kier alpha value is -0.160. The summed E-state index contributed by atoms with van der Waals surface area (Å²) in [5.74, 6) is 0. The van der Waals surface area contributed by atoms with Crippen molar-refractivity contribution in [2.45, 2.75) is 24.4 Å². The van der Waals surface area contributed by atoms with E-state index in [1.54, 1.807) is 0 Å². The molecule has 2 fully saturated rings. The summed E-state index contributed by atoms with van der Waals surface area (Å²) in [6, 6.07) is 0. The van der Waals surface area contributed by atoms with Crippen LogP contribution >= 0.6 is 0 Å². The number of rotatable bonds is 0. The van der Waals surface area contributed by atoms with Crippen LogP contribution in [0.5, 0.6) is 0 Å². The van der Waals surface area contributed by atoms with Crippen LogP contribution < -0.4 is 0 Å². The van der Waals surface area contributed by atoms with Gasteiger partial charge in [0.15, 0.2) is 0 Å². The fourth-order valence-corrected chi connectivity index (χ4v) is 1.46. The Labute approximate surface area is 58.4 Å². The molecule has 0 amide bonds. The van der Waals surface area contributed by atoms with Crippen LogP contribution in [0.25, 0.3) is 0 Å². The minimum Gasteiger partial charge on any atom is -0.388 e. The predicted octanol–water partition coefficient (Wildman–Crippen LogP) is -1.49. The van der Waals surface area contributed by atoms with Gasteiger partial charge in [0.1, 0.15) is 24.4 Å². The maximum atomic E-state index is 9.16. The van der Waals surface area contributed by atoms with Crippen LogP contribution in [0.3, 0.4) is 0 Å². The van der Waals surface area contributed by atoms with Gasteiger partial charge >= 0.3 is 0 Å². The van der Waals surface area contributed by atoms with Gasteiger partial charge in [-0.2, -0.15) is 0 Å². The smallest absolute Gasteiger partial charge is 0.114 e. The molecule has 0 bridgehead atoms. The molecule has 0 radical (unpaired) electrons. The standard InChI is InChI=1S/C6H10O4/c7-3-1-9-6-4(8)2-10-5(3)6/h3-8H,1-2H2/t3-,4?,5-,6-/m0/s1. The van der Waals surface area contributed by atoms with Gasteiger partial charge in [-0.25, -0.2) is 0 Å². The van der Waals surface area contributed by atoms with E-state index in [1.807, 2.05) is 0 Å². The summed E-state index contributed by atoms with van der Waals surface area (Å²) < 4.78 is 10.2. The molecule has 0 aliphatic carbocycles. The van der Waals surface area contributed by atoms with Crippen molar-refractivity contribution in [1.29, 1.82) is 0 Å². The van der Waals surface area contributed by atoms with Crippen LogP contribution in [-0.4, -0.2) is 47.8 Å². The largest absolute Gasteiger partial charge is 0.388 e. The molecule has 2 aliphatic heterocycles. The zero-order valence-electron chi connectivity index (χ0n) is 5.43. The van der Waals surface area contributed by atoms with Crippen LogP contribution in [0.15, 0.2) is 0 Å². The number of fused-ring (bicyclic) bond motifs is 1. The second-order valence-corrected chi connectivity index (χ2v) is 2.73. The van der Waals surface area contributed by atoms with E-state index in [1.165, 1.54) is 0 Å². The minimum atomic E-state index is -0.554. The van der Waals surface area contributed by atoms with E-state index in [-0.39, 0.29) is 25.4 Å². The first-order chi connectivity index (χ1) is 4.79. The molecule has 0 aromatic carbocycles. The van der Waals surface area contributed by atoms with Gasteiger partial charge in [0.05, 0.1) is 13.2 Å². The highest BCUT2D eigenvalue weighted by molar-refractivity contribution is 4.93. The maximum absolute atomic E-state index is 9.16. The highest BCUT2D eigenvalue weighted by atomic mass is 16.6. The molecule has 1 unspecified atom stereocenters. The van der Waals surface area contributed by atoms with E-state index in [4.69, 9.17) is 19.7 Å². The number of hydrogen-bond acceptors (Lipinski definition) is 4. The Balaban J connectivity index is 2.09. The highest BCUT2D eigenvalue weighted by Crippen LogP contribution is 2.26. The summed E-state index contributed by atoms with van der Waals surface area (Å²) in [6.45, 7) is 0.568. The fraction of sp³-hybridized carbons (Fsp3) is 1.00. The lowest BCUT2D eigenvalue weighted by atomic mass is 10.1. The van der Waals surface area contributed by atoms with E-state index in [9.17, 15) is 0 Å². The summed E-state index contributed by atoms with van der Waals surface area (Å²) >= 11 is 0. The average Bonchev–Trinajstić information content (AvgIpc) is 2.41. The van der Waals surface area contributed by atoms with Crippen LogP contribution in [0, 0.1) is 0 Å². The van der Waals surface area contributed by atoms with Crippen molar-refractivity contribution in [2.75, 3.05) is 13.2 Å². The van der Waals surface area contributed by atoms with Crippen molar-refractivity contribution in [2.24, 2.45) is 0 Å². The van der Waals surface area contributed by atoms with Crippen molar-refractivity contribution in [1.82, 2.24) is 0 Å². The van der Waals surface area contributed by atoms with Crippen LogP contribution in [0.2, 0.25) is 0 Å². The van der Waals surface area contributed by atoms with Crippen LogP contribution in [-0.2, 0) is 9.47 Å². The summed E-state index contributed by atoms with van der Waals surface area (Å²) in [5, 5.41) is 18.3. The molecule has 2 saturated heterocycles. The second-order valence-electron chi connectivity index (χ2n) is 2.73. The van der Waals surface area contributed by atoms with Crippen molar-refractivity contribution in [3.8, 4) is 0 Å². The Morgan fingerprint density at radius 1 is 0.900 bits per heavy atom. The molecule has 0 spiro atoms. The quantitative estimate of drug-likeness (QED) is 0.437. The van der Waals surface area contributed by atoms with Gasteiger partial charge in [0.25, 0.3) is 0 Å². The third kappa shape index (κ3) is 0.769. The molecular weight excluding hydrogens is 136 g/mol. The minimum absolute atomic E-state index is 0.284. The number of aliphatic hydroxyl groups is 2. The molecule has 58 valence electrons. The van der Waals surface area contributed by atoms with E-state index in [2.05, 4.69) is 0 Å². The third-order valence-electron chi connectivity index (χ3n) is 2.00. The van der Waals surface area contributed by atoms with Gasteiger partial charge < -0.3 is 19.7 Å². The normalized spacial score (nSPS) is 53.4. The molecule has 4 atom stereocenters. The molecule has 0 aromatic heterocycles. The van der Waals surface area contributed by atoms with E-state index < -0.39 is 12.2 Å². The molecular formula is C6H10O4. The number of ether oxygens (including phenoxy) is 2. The fourth-order valence-electron chi connectivity index (χ4n) is 1.46. The van der Waals surface area contributed by atoms with E-state index in [0.717, 1.165) is 0 Å². The Morgan fingerprint density at radius 2 is 1.30 bits per heavy atom.